The van der Waals surface area contributed by atoms with E-state index in [4.69, 9.17) is 9.84 Å². The van der Waals surface area contributed by atoms with Gasteiger partial charge in [0.25, 0.3) is 0 Å². The van der Waals surface area contributed by atoms with Gasteiger partial charge in [-0.05, 0) is 44.9 Å². The van der Waals surface area contributed by atoms with Crippen LogP contribution in [0.2, 0.25) is 0 Å². The minimum atomic E-state index is 0.0249. The molecule has 3 nitrogen and oxygen atoms in total. The fourth-order valence-electron chi connectivity index (χ4n) is 7.59. The molecule has 52 heavy (non-hydrogen) atoms. The number of aliphatic hydroxyl groups excluding tert-OH is 1. The minimum Gasteiger partial charge on any atom is -0.466 e. The zero-order valence-corrected chi connectivity index (χ0v) is 35.7. The second kappa shape index (κ2) is 48.2. The van der Waals surface area contributed by atoms with E-state index in [-0.39, 0.29) is 5.97 Å². The third-order valence-electron chi connectivity index (χ3n) is 11.2. The molecule has 0 fully saturated rings. The Bertz CT molecular complexity index is 673. The van der Waals surface area contributed by atoms with Gasteiger partial charge in [0.05, 0.1) is 6.61 Å². The standard InChI is InChI=1S/C49H96O3/c1-2-3-4-5-6-7-8-9-10-11-12-16-19-22-25-28-31-34-37-40-43-46-49(51)52-48-45-42-39-36-33-30-27-24-21-18-15-13-14-17-20-23-26-29-32-35-38-41-44-47-50/h9-10,50H,2-8,11-48H2,1H3. The molecule has 0 rings (SSSR count). The summed E-state index contributed by atoms with van der Waals surface area (Å²) in [6.45, 7) is 3.28. The number of hydrogen-bond donors (Lipinski definition) is 1. The van der Waals surface area contributed by atoms with Crippen molar-refractivity contribution >= 4 is 5.97 Å². The highest BCUT2D eigenvalue weighted by atomic mass is 16.5. The monoisotopic (exact) mass is 733 g/mol. The van der Waals surface area contributed by atoms with E-state index in [0.29, 0.717) is 19.6 Å². The lowest BCUT2D eigenvalue weighted by Crippen LogP contribution is -2.05. The summed E-state index contributed by atoms with van der Waals surface area (Å²) >= 11 is 0. The maximum absolute atomic E-state index is 12.0. The van der Waals surface area contributed by atoms with Gasteiger partial charge < -0.3 is 9.84 Å². The zero-order chi connectivity index (χ0) is 37.5. The van der Waals surface area contributed by atoms with E-state index in [9.17, 15) is 4.79 Å². The van der Waals surface area contributed by atoms with E-state index in [1.807, 2.05) is 0 Å². The Hall–Kier alpha value is -0.830. The lowest BCUT2D eigenvalue weighted by molar-refractivity contribution is -0.143. The largest absolute Gasteiger partial charge is 0.466 e. The quantitative estimate of drug-likeness (QED) is 0.0385. The predicted octanol–water partition coefficient (Wildman–Crippen LogP) is 16.9. The molecular weight excluding hydrogens is 637 g/mol. The maximum Gasteiger partial charge on any atom is 0.305 e. The number of allylic oxidation sites excluding steroid dienone is 2. The number of hydrogen-bond acceptors (Lipinski definition) is 3. The molecular formula is C49H96O3. The summed E-state index contributed by atoms with van der Waals surface area (Å²) in [5.74, 6) is 0.0249. The van der Waals surface area contributed by atoms with Crippen LogP contribution in [0.3, 0.4) is 0 Å². The first-order valence-electron chi connectivity index (χ1n) is 24.2. The fourth-order valence-corrected chi connectivity index (χ4v) is 7.59. The summed E-state index contributed by atoms with van der Waals surface area (Å²) in [5.41, 5.74) is 0. The molecule has 0 aromatic heterocycles. The van der Waals surface area contributed by atoms with Crippen molar-refractivity contribution in [3.05, 3.63) is 12.2 Å². The van der Waals surface area contributed by atoms with Crippen LogP contribution >= 0.6 is 0 Å². The maximum atomic E-state index is 12.0. The molecule has 0 aliphatic rings. The molecule has 0 aliphatic carbocycles. The first-order chi connectivity index (χ1) is 25.8. The molecule has 0 unspecified atom stereocenters. The molecule has 0 saturated heterocycles. The minimum absolute atomic E-state index is 0.0249. The zero-order valence-electron chi connectivity index (χ0n) is 35.7. The van der Waals surface area contributed by atoms with Crippen LogP contribution in [0.4, 0.5) is 0 Å². The third kappa shape index (κ3) is 47.2. The van der Waals surface area contributed by atoms with E-state index >= 15 is 0 Å². The first kappa shape index (κ1) is 51.2. The second-order valence-electron chi connectivity index (χ2n) is 16.5. The van der Waals surface area contributed by atoms with Crippen molar-refractivity contribution in [3.63, 3.8) is 0 Å². The van der Waals surface area contributed by atoms with Crippen LogP contribution in [0, 0.1) is 0 Å². The van der Waals surface area contributed by atoms with Crippen molar-refractivity contribution in [1.82, 2.24) is 0 Å². The number of ether oxygens (including phenoxy) is 1. The molecule has 0 amide bonds. The Kier molecular flexibility index (Phi) is 47.4. The molecule has 0 saturated carbocycles. The summed E-state index contributed by atoms with van der Waals surface area (Å²) in [6, 6.07) is 0. The molecule has 0 heterocycles. The molecule has 1 N–H and O–H groups in total. The van der Waals surface area contributed by atoms with Crippen LogP contribution in [-0.2, 0) is 9.53 Å². The van der Waals surface area contributed by atoms with Gasteiger partial charge in [-0.2, -0.15) is 0 Å². The van der Waals surface area contributed by atoms with Gasteiger partial charge in [0.15, 0.2) is 0 Å². The van der Waals surface area contributed by atoms with Crippen LogP contribution in [0.1, 0.15) is 283 Å². The van der Waals surface area contributed by atoms with Gasteiger partial charge in [-0.3, -0.25) is 4.79 Å². The number of carbonyl (C=O) groups excluding carboxylic acids is 1. The van der Waals surface area contributed by atoms with Crippen LogP contribution < -0.4 is 0 Å². The van der Waals surface area contributed by atoms with Gasteiger partial charge in [0.1, 0.15) is 0 Å². The fraction of sp³-hybridized carbons (Fsp3) is 0.939. The van der Waals surface area contributed by atoms with Crippen molar-refractivity contribution in [1.29, 1.82) is 0 Å². The van der Waals surface area contributed by atoms with Gasteiger partial charge in [-0.15, -0.1) is 0 Å². The molecule has 310 valence electrons. The summed E-state index contributed by atoms with van der Waals surface area (Å²) in [7, 11) is 0. The molecule has 0 spiro atoms. The normalized spacial score (nSPS) is 11.7. The van der Waals surface area contributed by atoms with Crippen LogP contribution in [0.25, 0.3) is 0 Å². The molecule has 0 aromatic carbocycles. The van der Waals surface area contributed by atoms with Crippen molar-refractivity contribution in [2.75, 3.05) is 13.2 Å². The highest BCUT2D eigenvalue weighted by Gasteiger charge is 2.03. The molecule has 3 heteroatoms. The van der Waals surface area contributed by atoms with Crippen molar-refractivity contribution < 1.29 is 14.6 Å². The number of carbonyl (C=O) groups is 1. The number of unbranched alkanes of at least 4 members (excludes halogenated alkanes) is 39. The van der Waals surface area contributed by atoms with Gasteiger partial charge in [-0.25, -0.2) is 0 Å². The van der Waals surface area contributed by atoms with Gasteiger partial charge >= 0.3 is 5.97 Å². The number of esters is 1. The topological polar surface area (TPSA) is 46.5 Å². The summed E-state index contributed by atoms with van der Waals surface area (Å²) in [6.07, 6.45) is 62.0. The van der Waals surface area contributed by atoms with E-state index in [1.54, 1.807) is 0 Å². The second-order valence-corrected chi connectivity index (χ2v) is 16.5. The van der Waals surface area contributed by atoms with Crippen LogP contribution in [0.15, 0.2) is 12.2 Å². The van der Waals surface area contributed by atoms with Crippen molar-refractivity contribution in [3.8, 4) is 0 Å². The smallest absolute Gasteiger partial charge is 0.305 e. The molecule has 0 radical (unpaired) electrons. The Morgan fingerprint density at radius 2 is 0.635 bits per heavy atom. The van der Waals surface area contributed by atoms with Crippen molar-refractivity contribution in [2.45, 2.75) is 283 Å². The average Bonchev–Trinajstić information content (AvgIpc) is 3.15. The summed E-state index contributed by atoms with van der Waals surface area (Å²) < 4.78 is 5.49. The Morgan fingerprint density at radius 1 is 0.365 bits per heavy atom. The number of aliphatic hydroxyl groups is 1. The highest BCUT2D eigenvalue weighted by molar-refractivity contribution is 5.69. The average molecular weight is 733 g/mol. The van der Waals surface area contributed by atoms with E-state index in [0.717, 1.165) is 19.3 Å². The van der Waals surface area contributed by atoms with E-state index in [2.05, 4.69) is 19.1 Å². The molecule has 0 bridgehead atoms. The Labute approximate surface area is 328 Å². The van der Waals surface area contributed by atoms with E-state index in [1.165, 1.54) is 250 Å². The SMILES string of the molecule is CCCCCCCCC=CCCCCCCCCCCCCCC(=O)OCCCCCCCCCCCCCCCCCCCCCCCCCO. The molecule has 0 aromatic rings. The van der Waals surface area contributed by atoms with Gasteiger partial charge in [0, 0.05) is 13.0 Å². The third-order valence-corrected chi connectivity index (χ3v) is 11.2. The molecule has 0 atom stereocenters. The molecule has 0 aliphatic heterocycles. The highest BCUT2D eigenvalue weighted by Crippen LogP contribution is 2.17. The first-order valence-corrected chi connectivity index (χ1v) is 24.2. The summed E-state index contributed by atoms with van der Waals surface area (Å²) in [5, 5.41) is 8.81. The lowest BCUT2D eigenvalue weighted by atomic mass is 10.0. The predicted molar refractivity (Wildman–Crippen MR) is 231 cm³/mol. The Morgan fingerprint density at radius 3 is 0.962 bits per heavy atom. The number of rotatable bonds is 46. The van der Waals surface area contributed by atoms with Gasteiger partial charge in [0.2, 0.25) is 0 Å². The van der Waals surface area contributed by atoms with Crippen molar-refractivity contribution in [2.24, 2.45) is 0 Å². The lowest BCUT2D eigenvalue weighted by Gasteiger charge is -2.06. The van der Waals surface area contributed by atoms with Crippen LogP contribution in [0.5, 0.6) is 0 Å². The van der Waals surface area contributed by atoms with E-state index < -0.39 is 0 Å². The Balaban J connectivity index is 3.16. The summed E-state index contributed by atoms with van der Waals surface area (Å²) in [4.78, 5) is 12.0. The van der Waals surface area contributed by atoms with Crippen LogP contribution in [-0.4, -0.2) is 24.3 Å². The van der Waals surface area contributed by atoms with Gasteiger partial charge in [-0.1, -0.05) is 244 Å².